The van der Waals surface area contributed by atoms with Crippen molar-refractivity contribution in [2.45, 2.75) is 74.1 Å². The van der Waals surface area contributed by atoms with Gasteiger partial charge in [-0.3, -0.25) is 9.78 Å². The number of aromatic nitrogens is 2. The first-order valence-corrected chi connectivity index (χ1v) is 16.9. The second-order valence-corrected chi connectivity index (χ2v) is 12.7. The van der Waals surface area contributed by atoms with Gasteiger partial charge in [0.15, 0.2) is 5.78 Å². The molecule has 5 aromatic rings. The molecular formula is C40H45IrN2O2S-. The van der Waals surface area contributed by atoms with Crippen LogP contribution in [0.2, 0.25) is 0 Å². The van der Waals surface area contributed by atoms with Gasteiger partial charge in [-0.2, -0.15) is 0 Å². The third-order valence-electron chi connectivity index (χ3n) is 8.44. The zero-order valence-corrected chi connectivity index (χ0v) is 31.2. The van der Waals surface area contributed by atoms with Crippen molar-refractivity contribution in [3.8, 4) is 32.8 Å². The van der Waals surface area contributed by atoms with E-state index in [1.54, 1.807) is 17.7 Å². The maximum absolute atomic E-state index is 11.7. The van der Waals surface area contributed by atoms with Crippen LogP contribution in [0.15, 0.2) is 84.9 Å². The smallest absolute Gasteiger partial charge is 0.162 e. The van der Waals surface area contributed by atoms with Gasteiger partial charge >= 0.3 is 0 Å². The van der Waals surface area contributed by atoms with E-state index in [0.29, 0.717) is 0 Å². The predicted molar refractivity (Wildman–Crippen MR) is 191 cm³/mol. The second kappa shape index (κ2) is 17.5. The van der Waals surface area contributed by atoms with E-state index in [4.69, 9.17) is 0 Å². The Hall–Kier alpha value is -3.44. The zero-order valence-electron chi connectivity index (χ0n) is 28.0. The van der Waals surface area contributed by atoms with Gasteiger partial charge in [0.05, 0.1) is 11.3 Å². The summed E-state index contributed by atoms with van der Waals surface area (Å²) >= 11 is 1.77. The van der Waals surface area contributed by atoms with Gasteiger partial charge in [0.2, 0.25) is 0 Å². The number of rotatable bonds is 10. The minimum atomic E-state index is 0. The number of aliphatic hydroxyl groups is 1. The Kier molecular flexibility index (Phi) is 14.1. The average Bonchev–Trinajstić information content (AvgIpc) is 3.39. The molecule has 0 aliphatic carbocycles. The number of carbonyl (C=O) groups excluding carboxylic acids is 1. The first kappa shape index (κ1) is 37.0. The van der Waals surface area contributed by atoms with Crippen molar-refractivity contribution in [1.29, 1.82) is 0 Å². The molecule has 2 aromatic heterocycles. The fraction of sp³-hybridized carbons (Fsp3) is 0.325. The van der Waals surface area contributed by atoms with E-state index in [1.165, 1.54) is 38.8 Å². The number of nitrogens with zero attached hydrogens (tertiary/aromatic N) is 2. The number of fused-ring (bicyclic) bond motifs is 1. The van der Waals surface area contributed by atoms with Crippen molar-refractivity contribution in [1.82, 2.24) is 9.97 Å². The van der Waals surface area contributed by atoms with Gasteiger partial charge in [-0.1, -0.05) is 96.1 Å². The van der Waals surface area contributed by atoms with E-state index < -0.39 is 0 Å². The number of thiophene rings is 1. The number of benzene rings is 3. The van der Waals surface area contributed by atoms with Gasteiger partial charge in [0.1, 0.15) is 6.33 Å². The van der Waals surface area contributed by atoms with E-state index >= 15 is 0 Å². The quantitative estimate of drug-likeness (QED) is 0.0867. The van der Waals surface area contributed by atoms with Crippen molar-refractivity contribution in [2.75, 3.05) is 0 Å². The van der Waals surface area contributed by atoms with Crippen LogP contribution in [-0.2, 0) is 24.9 Å². The number of ketones is 1. The summed E-state index contributed by atoms with van der Waals surface area (Å²) in [5.74, 6) is 0.547. The molecule has 0 aliphatic rings. The zero-order chi connectivity index (χ0) is 32.5. The maximum atomic E-state index is 11.7. The number of carbonyl (C=O) groups is 1. The number of allylic oxidation sites excluding steroid dienone is 2. The number of hydrogen-bond acceptors (Lipinski definition) is 5. The van der Waals surface area contributed by atoms with Gasteiger partial charge < -0.3 is 5.11 Å². The molecule has 0 unspecified atom stereocenters. The molecule has 0 atom stereocenters. The summed E-state index contributed by atoms with van der Waals surface area (Å²) in [4.78, 5) is 22.2. The molecule has 3 aromatic carbocycles. The number of hydrogen-bond donors (Lipinski definition) is 1. The fourth-order valence-electron chi connectivity index (χ4n) is 5.74. The van der Waals surface area contributed by atoms with E-state index in [-0.39, 0.29) is 43.5 Å². The minimum absolute atomic E-state index is 0. The summed E-state index contributed by atoms with van der Waals surface area (Å²) in [6.07, 6.45) is 6.58. The summed E-state index contributed by atoms with van der Waals surface area (Å²) in [7, 11) is 0. The van der Waals surface area contributed by atoms with Crippen molar-refractivity contribution in [2.24, 2.45) is 11.8 Å². The topological polar surface area (TPSA) is 63.1 Å². The molecular weight excluding hydrogens is 765 g/mol. The Labute approximate surface area is 292 Å². The van der Waals surface area contributed by atoms with Crippen molar-refractivity contribution in [3.05, 3.63) is 108 Å². The van der Waals surface area contributed by atoms with Crippen LogP contribution in [0.4, 0.5) is 0 Å². The van der Waals surface area contributed by atoms with Crippen molar-refractivity contribution in [3.63, 3.8) is 0 Å². The van der Waals surface area contributed by atoms with Crippen LogP contribution in [0.25, 0.3) is 43.0 Å². The number of aliphatic hydroxyl groups excluding tert-OH is 1. The van der Waals surface area contributed by atoms with Crippen molar-refractivity contribution >= 4 is 27.3 Å². The van der Waals surface area contributed by atoms with E-state index in [1.807, 2.05) is 33.8 Å². The summed E-state index contributed by atoms with van der Waals surface area (Å²) in [5.41, 5.74) is 10.2. The van der Waals surface area contributed by atoms with Crippen LogP contribution < -0.4 is 0 Å². The average molecular weight is 810 g/mol. The Bertz CT molecular complexity index is 1730. The van der Waals surface area contributed by atoms with Gasteiger partial charge in [-0.25, -0.2) is 4.98 Å². The Morgan fingerprint density at radius 3 is 2.00 bits per heavy atom. The van der Waals surface area contributed by atoms with Gasteiger partial charge in [0, 0.05) is 53.3 Å². The second-order valence-electron chi connectivity index (χ2n) is 11.7. The third-order valence-corrected chi connectivity index (χ3v) is 9.78. The van der Waals surface area contributed by atoms with E-state index in [0.717, 1.165) is 52.7 Å². The molecule has 5 rings (SSSR count). The van der Waals surface area contributed by atoms with Gasteiger partial charge in [-0.15, -0.1) is 46.2 Å². The molecule has 46 heavy (non-hydrogen) atoms. The summed E-state index contributed by atoms with van der Waals surface area (Å²) in [6, 6.07) is 27.0. The Balaban J connectivity index is 0.000000309. The van der Waals surface area contributed by atoms with E-state index in [2.05, 4.69) is 97.5 Å². The first-order chi connectivity index (χ1) is 21.7. The molecule has 0 amide bonds. The largest absolute Gasteiger partial charge is 0.512 e. The monoisotopic (exact) mass is 810 g/mol. The summed E-state index contributed by atoms with van der Waals surface area (Å²) < 4.78 is 1.12. The van der Waals surface area contributed by atoms with E-state index in [9.17, 15) is 9.90 Å². The molecule has 4 nitrogen and oxygen atoms in total. The molecule has 2 heterocycles. The molecule has 0 saturated heterocycles. The normalized spacial score (nSPS) is 11.4. The van der Waals surface area contributed by atoms with Crippen LogP contribution in [0, 0.1) is 38.7 Å². The van der Waals surface area contributed by atoms with Crippen LogP contribution in [0.1, 0.15) is 70.1 Å². The van der Waals surface area contributed by atoms with Crippen molar-refractivity contribution < 1.29 is 30.0 Å². The molecule has 1 N–H and O–H groups in total. The summed E-state index contributed by atoms with van der Waals surface area (Å²) in [5, 5.41) is 9.76. The maximum Gasteiger partial charge on any atom is 0.162 e. The third kappa shape index (κ3) is 8.88. The molecule has 0 aliphatic heterocycles. The van der Waals surface area contributed by atoms with Crippen LogP contribution in [-0.4, -0.2) is 20.9 Å². The Morgan fingerprint density at radius 1 is 0.826 bits per heavy atom. The summed E-state index contributed by atoms with van der Waals surface area (Å²) in [6.45, 7) is 14.4. The molecule has 243 valence electrons. The van der Waals surface area contributed by atoms with Crippen LogP contribution in [0.5, 0.6) is 0 Å². The Morgan fingerprint density at radius 2 is 1.41 bits per heavy atom. The number of aryl methyl sites for hydroxylation is 3. The molecule has 6 heteroatoms. The molecule has 0 fully saturated rings. The SMILES string of the molecule is CCC(CC)C(=O)/C=C(\O)C(CC)CC.Cc1[c-]c(-c2ncnc3c(C)c(-c4ccc(-c5ccccc5)cc4)sc23)cc(C)c1.[Ir]. The van der Waals surface area contributed by atoms with Crippen LogP contribution >= 0.6 is 11.3 Å². The minimum Gasteiger partial charge on any atom is -0.512 e. The molecule has 0 spiro atoms. The van der Waals surface area contributed by atoms with Crippen LogP contribution in [0.3, 0.4) is 0 Å². The predicted octanol–water partition coefficient (Wildman–Crippen LogP) is 11.3. The fourth-order valence-corrected chi connectivity index (χ4v) is 7.01. The first-order valence-electron chi connectivity index (χ1n) is 16.1. The standard InChI is InChI=1S/C27H21N2S.C13H24O2.Ir/c1-17-13-18(2)15-23(14-17)25-27-24(28-16-29-25)19(3)26(30-27)22-11-9-21(10-12-22)20-7-5-4-6-8-20;1-5-10(6-2)12(14)9-13(15)11(7-3)8-4;/h4-14,16H,1-3H3;9-11,14H,5-8H2,1-4H3;/q-1;;/b;12-9-;. The molecule has 0 bridgehead atoms. The van der Waals surface area contributed by atoms with Gasteiger partial charge in [0.25, 0.3) is 0 Å². The molecule has 0 saturated carbocycles. The van der Waals surface area contributed by atoms with Gasteiger partial charge in [-0.05, 0) is 54.9 Å². The molecule has 1 radical (unpaired) electrons.